The van der Waals surface area contributed by atoms with Crippen molar-refractivity contribution in [1.29, 1.82) is 0 Å². The standard InChI is InChI=1S/C18H20N2O2/c1-18(2)11-6-9-4-3-5-12-15(9)10(8-19-12)16(11)17-13(21)7-14(22)20(17)18/h3-5,8,11,13,16-17,19,21H,6-7H2,1-2H3. The Kier molecular flexibility index (Phi) is 2.16. The summed E-state index contributed by atoms with van der Waals surface area (Å²) < 4.78 is 0. The summed E-state index contributed by atoms with van der Waals surface area (Å²) >= 11 is 0. The van der Waals surface area contributed by atoms with Crippen LogP contribution in [0.1, 0.15) is 37.3 Å². The number of hydrogen-bond donors (Lipinski definition) is 2. The molecule has 5 rings (SSSR count). The van der Waals surface area contributed by atoms with Gasteiger partial charge < -0.3 is 15.0 Å². The monoisotopic (exact) mass is 296 g/mol. The summed E-state index contributed by atoms with van der Waals surface area (Å²) in [6.45, 7) is 4.33. The van der Waals surface area contributed by atoms with Gasteiger partial charge in [-0.25, -0.2) is 0 Å². The molecule has 4 nitrogen and oxygen atoms in total. The second-order valence-electron chi connectivity index (χ2n) is 7.60. The number of rotatable bonds is 0. The molecule has 4 unspecified atom stereocenters. The summed E-state index contributed by atoms with van der Waals surface area (Å²) in [5.74, 6) is 0.707. The lowest BCUT2D eigenvalue weighted by Crippen LogP contribution is -2.46. The lowest BCUT2D eigenvalue weighted by atomic mass is 9.69. The molecule has 0 bridgehead atoms. The van der Waals surface area contributed by atoms with Gasteiger partial charge in [0.1, 0.15) is 0 Å². The minimum atomic E-state index is -0.544. The first-order valence-electron chi connectivity index (χ1n) is 8.09. The van der Waals surface area contributed by atoms with E-state index in [0.29, 0.717) is 5.92 Å². The average Bonchev–Trinajstić information content (AvgIpc) is 3.08. The van der Waals surface area contributed by atoms with E-state index in [1.807, 2.05) is 4.90 Å². The molecule has 4 heteroatoms. The molecule has 0 radical (unpaired) electrons. The molecule has 1 aromatic heterocycles. The number of carbonyl (C=O) groups excluding carboxylic acids is 1. The van der Waals surface area contributed by atoms with Crippen LogP contribution >= 0.6 is 0 Å². The molecular weight excluding hydrogens is 276 g/mol. The minimum absolute atomic E-state index is 0.0696. The van der Waals surface area contributed by atoms with E-state index in [9.17, 15) is 9.90 Å². The van der Waals surface area contributed by atoms with E-state index < -0.39 is 6.10 Å². The third kappa shape index (κ3) is 1.26. The van der Waals surface area contributed by atoms with Gasteiger partial charge in [0.2, 0.25) is 5.91 Å². The van der Waals surface area contributed by atoms with Crippen LogP contribution in [0.25, 0.3) is 10.9 Å². The van der Waals surface area contributed by atoms with E-state index >= 15 is 0 Å². The Balaban J connectivity index is 1.78. The van der Waals surface area contributed by atoms with Gasteiger partial charge in [0.15, 0.2) is 0 Å². The van der Waals surface area contributed by atoms with E-state index in [1.165, 1.54) is 22.0 Å². The van der Waals surface area contributed by atoms with Crippen LogP contribution < -0.4 is 0 Å². The Hall–Kier alpha value is -1.81. The third-order valence-corrected chi connectivity index (χ3v) is 6.30. The van der Waals surface area contributed by atoms with Crippen LogP contribution in [-0.4, -0.2) is 38.6 Å². The van der Waals surface area contributed by atoms with Crippen molar-refractivity contribution in [3.8, 4) is 0 Å². The predicted octanol–water partition coefficient (Wildman–Crippen LogP) is 2.18. The molecule has 2 N–H and O–H groups in total. The van der Waals surface area contributed by atoms with E-state index in [0.717, 1.165) is 6.42 Å². The van der Waals surface area contributed by atoms with Gasteiger partial charge in [-0.1, -0.05) is 12.1 Å². The van der Waals surface area contributed by atoms with Crippen molar-refractivity contribution in [3.63, 3.8) is 0 Å². The summed E-state index contributed by atoms with van der Waals surface area (Å²) in [6.07, 6.45) is 2.80. The number of benzene rings is 1. The van der Waals surface area contributed by atoms with Crippen LogP contribution in [-0.2, 0) is 11.2 Å². The maximum absolute atomic E-state index is 12.4. The fourth-order valence-corrected chi connectivity index (χ4v) is 5.43. The van der Waals surface area contributed by atoms with Gasteiger partial charge in [0.05, 0.1) is 18.6 Å². The molecule has 2 fully saturated rings. The quantitative estimate of drug-likeness (QED) is 0.783. The first-order chi connectivity index (χ1) is 10.5. The van der Waals surface area contributed by atoms with Gasteiger partial charge in [-0.15, -0.1) is 0 Å². The number of amides is 1. The Labute approximate surface area is 129 Å². The molecule has 0 spiro atoms. The third-order valence-electron chi connectivity index (χ3n) is 6.30. The highest BCUT2D eigenvalue weighted by Crippen LogP contribution is 2.57. The molecule has 3 heterocycles. The van der Waals surface area contributed by atoms with Crippen molar-refractivity contribution >= 4 is 16.8 Å². The number of aliphatic hydroxyl groups excluding tert-OH is 1. The first-order valence-corrected chi connectivity index (χ1v) is 8.09. The molecule has 1 amide bonds. The predicted molar refractivity (Wildman–Crippen MR) is 83.6 cm³/mol. The number of hydrogen-bond acceptors (Lipinski definition) is 2. The Morgan fingerprint density at radius 2 is 2.14 bits per heavy atom. The second kappa shape index (κ2) is 3.74. The zero-order chi connectivity index (χ0) is 15.2. The highest BCUT2D eigenvalue weighted by molar-refractivity contribution is 5.89. The van der Waals surface area contributed by atoms with Crippen molar-refractivity contribution in [1.82, 2.24) is 9.88 Å². The Bertz CT molecular complexity index is 807. The number of nitrogens with zero attached hydrogens (tertiary/aromatic N) is 1. The number of H-pyrrole nitrogens is 1. The lowest BCUT2D eigenvalue weighted by Gasteiger charge is -2.37. The van der Waals surface area contributed by atoms with Crippen LogP contribution in [0.3, 0.4) is 0 Å². The molecule has 2 aromatic rings. The Morgan fingerprint density at radius 1 is 1.32 bits per heavy atom. The van der Waals surface area contributed by atoms with Gasteiger partial charge in [-0.05, 0) is 43.4 Å². The molecule has 4 atom stereocenters. The molecule has 1 aliphatic carbocycles. The summed E-state index contributed by atoms with van der Waals surface area (Å²) in [5, 5.41) is 11.8. The van der Waals surface area contributed by atoms with Crippen molar-refractivity contribution < 1.29 is 9.90 Å². The summed E-state index contributed by atoms with van der Waals surface area (Å²) in [4.78, 5) is 17.8. The number of aromatic amines is 1. The molecular formula is C18H20N2O2. The van der Waals surface area contributed by atoms with E-state index in [4.69, 9.17) is 0 Å². The number of aromatic nitrogens is 1. The zero-order valence-corrected chi connectivity index (χ0v) is 12.8. The normalized spacial score (nSPS) is 35.0. The maximum atomic E-state index is 12.4. The summed E-state index contributed by atoms with van der Waals surface area (Å²) in [7, 11) is 0. The average molecular weight is 296 g/mol. The second-order valence-corrected chi connectivity index (χ2v) is 7.60. The van der Waals surface area contributed by atoms with Crippen molar-refractivity contribution in [3.05, 3.63) is 35.5 Å². The number of nitrogens with one attached hydrogen (secondary N) is 1. The smallest absolute Gasteiger partial charge is 0.226 e. The minimum Gasteiger partial charge on any atom is -0.390 e. The molecule has 2 saturated heterocycles. The highest BCUT2D eigenvalue weighted by atomic mass is 16.3. The molecule has 2 aliphatic heterocycles. The van der Waals surface area contributed by atoms with Crippen LogP contribution in [0, 0.1) is 5.92 Å². The molecule has 22 heavy (non-hydrogen) atoms. The number of carbonyl (C=O) groups is 1. The topological polar surface area (TPSA) is 56.3 Å². The van der Waals surface area contributed by atoms with Gasteiger partial charge in [-0.3, -0.25) is 4.79 Å². The molecule has 3 aliphatic rings. The summed E-state index contributed by atoms with van der Waals surface area (Å²) in [6, 6.07) is 6.34. The SMILES string of the molecule is CC1(C)C2Cc3cccc4[nH]cc(c34)C2C2C(O)CC(=O)N21. The van der Waals surface area contributed by atoms with E-state index in [1.54, 1.807) is 0 Å². The Morgan fingerprint density at radius 3 is 2.95 bits per heavy atom. The van der Waals surface area contributed by atoms with Gasteiger partial charge in [0, 0.05) is 28.6 Å². The molecule has 1 aromatic carbocycles. The van der Waals surface area contributed by atoms with E-state index in [2.05, 4.69) is 43.2 Å². The highest BCUT2D eigenvalue weighted by Gasteiger charge is 2.62. The van der Waals surface area contributed by atoms with Crippen LogP contribution in [0.4, 0.5) is 0 Å². The van der Waals surface area contributed by atoms with Gasteiger partial charge >= 0.3 is 0 Å². The molecule has 114 valence electrons. The fraction of sp³-hybridized carbons (Fsp3) is 0.500. The van der Waals surface area contributed by atoms with Gasteiger partial charge in [0.25, 0.3) is 0 Å². The molecule has 0 saturated carbocycles. The van der Waals surface area contributed by atoms with Crippen LogP contribution in [0.5, 0.6) is 0 Å². The number of fused-ring (bicyclic) bond motifs is 4. The fourth-order valence-electron chi connectivity index (χ4n) is 5.43. The summed E-state index contributed by atoms with van der Waals surface area (Å²) in [5.41, 5.74) is 3.62. The van der Waals surface area contributed by atoms with Crippen LogP contribution in [0.2, 0.25) is 0 Å². The van der Waals surface area contributed by atoms with Crippen molar-refractivity contribution in [2.45, 2.75) is 50.3 Å². The number of aliphatic hydroxyl groups is 1. The zero-order valence-electron chi connectivity index (χ0n) is 12.8. The van der Waals surface area contributed by atoms with E-state index in [-0.39, 0.29) is 29.8 Å². The van der Waals surface area contributed by atoms with Crippen LogP contribution in [0.15, 0.2) is 24.4 Å². The maximum Gasteiger partial charge on any atom is 0.226 e. The van der Waals surface area contributed by atoms with Crippen molar-refractivity contribution in [2.24, 2.45) is 5.92 Å². The van der Waals surface area contributed by atoms with Crippen molar-refractivity contribution in [2.75, 3.05) is 0 Å². The lowest BCUT2D eigenvalue weighted by molar-refractivity contribution is -0.132. The largest absolute Gasteiger partial charge is 0.390 e. The van der Waals surface area contributed by atoms with Gasteiger partial charge in [-0.2, -0.15) is 0 Å². The first kappa shape index (κ1) is 12.7.